The van der Waals surface area contributed by atoms with E-state index in [1.165, 1.54) is 18.1 Å². The van der Waals surface area contributed by atoms with Gasteiger partial charge in [0.2, 0.25) is 11.8 Å². The zero-order chi connectivity index (χ0) is 19.4. The normalized spacial score (nSPS) is 12.4. The molecule has 2 N–H and O–H groups in total. The summed E-state index contributed by atoms with van der Waals surface area (Å²) in [6, 6.07) is 10.6. The van der Waals surface area contributed by atoms with E-state index in [9.17, 15) is 14.4 Å². The molecule has 27 heavy (non-hydrogen) atoms. The number of fused-ring (bicyclic) bond motifs is 1. The van der Waals surface area contributed by atoms with Crippen LogP contribution in [-0.4, -0.2) is 17.6 Å². The monoisotopic (exact) mass is 384 g/mol. The average Bonchev–Trinajstić information content (AvgIpc) is 3.09. The maximum absolute atomic E-state index is 12.4. The molecule has 2 aromatic carbocycles. The SMILES string of the molecule is CC(=O)Nc1ccc(Cl)cc1NC(=O)CCC(=O)c1ccc2c(c1)CCC2. The van der Waals surface area contributed by atoms with Crippen molar-refractivity contribution in [1.29, 1.82) is 0 Å². The Morgan fingerprint density at radius 2 is 1.70 bits per heavy atom. The van der Waals surface area contributed by atoms with E-state index >= 15 is 0 Å². The second-order valence-electron chi connectivity index (χ2n) is 6.68. The highest BCUT2D eigenvalue weighted by molar-refractivity contribution is 6.31. The topological polar surface area (TPSA) is 75.3 Å². The van der Waals surface area contributed by atoms with E-state index in [4.69, 9.17) is 11.6 Å². The number of carbonyl (C=O) groups excluding carboxylic acids is 3. The fraction of sp³-hybridized carbons (Fsp3) is 0.286. The Kier molecular flexibility index (Phi) is 5.91. The van der Waals surface area contributed by atoms with Gasteiger partial charge in [0.25, 0.3) is 0 Å². The number of ketones is 1. The Morgan fingerprint density at radius 3 is 2.48 bits per heavy atom. The summed E-state index contributed by atoms with van der Waals surface area (Å²) in [5.41, 5.74) is 4.09. The number of halogens is 1. The minimum absolute atomic E-state index is 0.0481. The smallest absolute Gasteiger partial charge is 0.224 e. The first-order valence-corrected chi connectivity index (χ1v) is 9.32. The van der Waals surface area contributed by atoms with Gasteiger partial charge in [0.15, 0.2) is 5.78 Å². The number of anilines is 2. The zero-order valence-corrected chi connectivity index (χ0v) is 15.9. The van der Waals surface area contributed by atoms with Crippen LogP contribution in [0.25, 0.3) is 0 Å². The van der Waals surface area contributed by atoms with Crippen LogP contribution in [0, 0.1) is 0 Å². The summed E-state index contributed by atoms with van der Waals surface area (Å²) in [5.74, 6) is -0.606. The molecule has 140 valence electrons. The number of nitrogens with one attached hydrogen (secondary N) is 2. The van der Waals surface area contributed by atoms with E-state index in [1.54, 1.807) is 18.2 Å². The molecule has 0 aromatic heterocycles. The number of amides is 2. The zero-order valence-electron chi connectivity index (χ0n) is 15.1. The molecular weight excluding hydrogens is 364 g/mol. The third kappa shape index (κ3) is 4.95. The van der Waals surface area contributed by atoms with Gasteiger partial charge in [-0.25, -0.2) is 0 Å². The van der Waals surface area contributed by atoms with Gasteiger partial charge in [-0.1, -0.05) is 23.7 Å². The molecule has 0 saturated carbocycles. The highest BCUT2D eigenvalue weighted by Gasteiger charge is 2.15. The van der Waals surface area contributed by atoms with Crippen LogP contribution in [0.15, 0.2) is 36.4 Å². The molecule has 0 aliphatic heterocycles. The van der Waals surface area contributed by atoms with Crippen molar-refractivity contribution < 1.29 is 14.4 Å². The molecule has 0 heterocycles. The van der Waals surface area contributed by atoms with Gasteiger partial charge in [0.05, 0.1) is 11.4 Å². The quantitative estimate of drug-likeness (QED) is 0.725. The van der Waals surface area contributed by atoms with Crippen LogP contribution in [0.4, 0.5) is 11.4 Å². The van der Waals surface area contributed by atoms with E-state index in [0.29, 0.717) is 22.0 Å². The third-order valence-corrected chi connectivity index (χ3v) is 4.80. The van der Waals surface area contributed by atoms with Crippen LogP contribution < -0.4 is 10.6 Å². The largest absolute Gasteiger partial charge is 0.325 e. The first-order chi connectivity index (χ1) is 12.9. The van der Waals surface area contributed by atoms with Crippen molar-refractivity contribution >= 4 is 40.6 Å². The summed E-state index contributed by atoms with van der Waals surface area (Å²) >= 11 is 5.97. The van der Waals surface area contributed by atoms with Crippen LogP contribution in [0.5, 0.6) is 0 Å². The molecule has 3 rings (SSSR count). The summed E-state index contributed by atoms with van der Waals surface area (Å²) in [6.07, 6.45) is 3.40. The average molecular weight is 385 g/mol. The van der Waals surface area contributed by atoms with Crippen LogP contribution in [-0.2, 0) is 22.4 Å². The lowest BCUT2D eigenvalue weighted by atomic mass is 10.0. The molecule has 2 aromatic rings. The van der Waals surface area contributed by atoms with Gasteiger partial charge in [-0.3, -0.25) is 14.4 Å². The fourth-order valence-electron chi connectivity index (χ4n) is 3.25. The van der Waals surface area contributed by atoms with Crippen molar-refractivity contribution in [3.63, 3.8) is 0 Å². The number of hydrogen-bond acceptors (Lipinski definition) is 3. The number of Topliss-reactive ketones (excluding diaryl/α,β-unsaturated/α-hetero) is 1. The summed E-state index contributed by atoms with van der Waals surface area (Å²) < 4.78 is 0. The van der Waals surface area contributed by atoms with Gasteiger partial charge in [-0.15, -0.1) is 0 Å². The standard InChI is InChI=1S/C21H21ClN2O3/c1-13(25)23-18-8-7-17(22)12-19(18)24-21(27)10-9-20(26)16-6-5-14-3-2-4-15(14)11-16/h5-8,11-12H,2-4,9-10H2,1H3,(H,23,25)(H,24,27). The Morgan fingerprint density at radius 1 is 0.926 bits per heavy atom. The maximum Gasteiger partial charge on any atom is 0.224 e. The fourth-order valence-corrected chi connectivity index (χ4v) is 3.42. The first kappa shape index (κ1) is 19.1. The Bertz CT molecular complexity index is 908. The minimum atomic E-state index is -0.307. The molecular formula is C21H21ClN2O3. The first-order valence-electron chi connectivity index (χ1n) is 8.94. The van der Waals surface area contributed by atoms with Gasteiger partial charge >= 0.3 is 0 Å². The summed E-state index contributed by atoms with van der Waals surface area (Å²) in [7, 11) is 0. The van der Waals surface area contributed by atoms with E-state index in [2.05, 4.69) is 10.6 Å². The summed E-state index contributed by atoms with van der Waals surface area (Å²) in [4.78, 5) is 36.0. The van der Waals surface area contributed by atoms with Crippen molar-refractivity contribution in [2.24, 2.45) is 0 Å². The Labute approximate surface area is 163 Å². The van der Waals surface area contributed by atoms with Crippen molar-refractivity contribution in [3.05, 3.63) is 58.1 Å². The van der Waals surface area contributed by atoms with Gasteiger partial charge in [-0.05, 0) is 54.7 Å². The Balaban J connectivity index is 1.60. The number of hydrogen-bond donors (Lipinski definition) is 2. The highest BCUT2D eigenvalue weighted by atomic mass is 35.5. The molecule has 0 unspecified atom stereocenters. The van der Waals surface area contributed by atoms with Gasteiger partial charge in [-0.2, -0.15) is 0 Å². The lowest BCUT2D eigenvalue weighted by Gasteiger charge is -2.12. The van der Waals surface area contributed by atoms with E-state index < -0.39 is 0 Å². The highest BCUT2D eigenvalue weighted by Crippen LogP contribution is 2.26. The molecule has 0 atom stereocenters. The van der Waals surface area contributed by atoms with Crippen LogP contribution in [0.1, 0.15) is 47.7 Å². The molecule has 1 aliphatic rings. The van der Waals surface area contributed by atoms with Gasteiger partial charge in [0.1, 0.15) is 0 Å². The summed E-state index contributed by atoms with van der Waals surface area (Å²) in [6.45, 7) is 1.38. The van der Waals surface area contributed by atoms with E-state index in [-0.39, 0.29) is 30.4 Å². The molecule has 0 fully saturated rings. The van der Waals surface area contributed by atoms with Crippen molar-refractivity contribution in [1.82, 2.24) is 0 Å². The summed E-state index contributed by atoms with van der Waals surface area (Å²) in [5, 5.41) is 5.79. The number of rotatable bonds is 6. The van der Waals surface area contributed by atoms with Crippen LogP contribution >= 0.6 is 11.6 Å². The maximum atomic E-state index is 12.4. The third-order valence-electron chi connectivity index (χ3n) is 4.57. The molecule has 0 bridgehead atoms. The van der Waals surface area contributed by atoms with E-state index in [0.717, 1.165) is 19.3 Å². The van der Waals surface area contributed by atoms with Crippen molar-refractivity contribution in [2.75, 3.05) is 10.6 Å². The minimum Gasteiger partial charge on any atom is -0.325 e. The van der Waals surface area contributed by atoms with Crippen molar-refractivity contribution in [3.8, 4) is 0 Å². The lowest BCUT2D eigenvalue weighted by Crippen LogP contribution is -2.16. The number of carbonyl (C=O) groups is 3. The predicted octanol–water partition coefficient (Wildman–Crippen LogP) is 4.39. The predicted molar refractivity (Wildman–Crippen MR) is 106 cm³/mol. The Hall–Kier alpha value is -2.66. The van der Waals surface area contributed by atoms with Gasteiger partial charge in [0, 0.05) is 30.4 Å². The van der Waals surface area contributed by atoms with Crippen molar-refractivity contribution in [2.45, 2.75) is 39.0 Å². The molecule has 6 heteroatoms. The molecule has 0 saturated heterocycles. The van der Waals surface area contributed by atoms with Gasteiger partial charge < -0.3 is 10.6 Å². The van der Waals surface area contributed by atoms with Crippen LogP contribution in [0.3, 0.4) is 0 Å². The second-order valence-corrected chi connectivity index (χ2v) is 7.12. The molecule has 5 nitrogen and oxygen atoms in total. The second kappa shape index (κ2) is 8.35. The molecule has 2 amide bonds. The number of benzene rings is 2. The van der Waals surface area contributed by atoms with E-state index in [1.807, 2.05) is 18.2 Å². The lowest BCUT2D eigenvalue weighted by molar-refractivity contribution is -0.116. The number of aryl methyl sites for hydroxylation is 2. The molecule has 1 aliphatic carbocycles. The molecule has 0 radical (unpaired) electrons. The molecule has 0 spiro atoms. The van der Waals surface area contributed by atoms with Crippen LogP contribution in [0.2, 0.25) is 5.02 Å².